The number of nitrogens with one attached hydrogen (secondary N) is 1. The largest absolute Gasteiger partial charge is 0.573 e. The second-order valence-corrected chi connectivity index (χ2v) is 7.81. The summed E-state index contributed by atoms with van der Waals surface area (Å²) >= 11 is 0. The van der Waals surface area contributed by atoms with Crippen molar-refractivity contribution in [1.29, 1.82) is 0 Å². The van der Waals surface area contributed by atoms with Gasteiger partial charge in [0.25, 0.3) is 0 Å². The summed E-state index contributed by atoms with van der Waals surface area (Å²) in [7, 11) is -2.48. The van der Waals surface area contributed by atoms with Gasteiger partial charge >= 0.3 is 12.1 Å². The number of hydrogen-bond acceptors (Lipinski definition) is 6. The number of benzene rings is 1. The van der Waals surface area contributed by atoms with E-state index in [1.165, 1.54) is 11.6 Å². The first kappa shape index (κ1) is 21.5. The molecular weight excluding hydrogens is 427 g/mol. The van der Waals surface area contributed by atoms with Gasteiger partial charge in [0.1, 0.15) is 5.75 Å². The predicted octanol–water partition coefficient (Wildman–Crippen LogP) is 1.52. The number of pyridine rings is 1. The normalized spacial score (nSPS) is 12.1. The molecule has 0 radical (unpaired) electrons. The first-order valence-electron chi connectivity index (χ1n) is 8.46. The Kier molecular flexibility index (Phi) is 5.94. The van der Waals surface area contributed by atoms with Crippen LogP contribution in [0.3, 0.4) is 0 Å². The summed E-state index contributed by atoms with van der Waals surface area (Å²) in [5, 5.41) is 4.19. The molecule has 30 heavy (non-hydrogen) atoms. The fourth-order valence-corrected chi connectivity index (χ4v) is 3.59. The van der Waals surface area contributed by atoms with Crippen LogP contribution >= 0.6 is 0 Å². The summed E-state index contributed by atoms with van der Waals surface area (Å²) in [6.45, 7) is -0.214. The van der Waals surface area contributed by atoms with Gasteiger partial charge in [0, 0.05) is 31.5 Å². The minimum absolute atomic E-state index is 0.0541. The Balaban J connectivity index is 1.67. The Morgan fingerprint density at radius 2 is 1.87 bits per heavy atom. The Morgan fingerprint density at radius 3 is 2.47 bits per heavy atom. The van der Waals surface area contributed by atoms with E-state index >= 15 is 0 Å². The highest BCUT2D eigenvalue weighted by Crippen LogP contribution is 2.23. The number of ether oxygens (including phenoxy) is 1. The van der Waals surface area contributed by atoms with Crippen LogP contribution in [0, 0.1) is 0 Å². The fraction of sp³-hybridized carbons (Fsp3) is 0.235. The minimum atomic E-state index is -4.87. The van der Waals surface area contributed by atoms with Crippen molar-refractivity contribution < 1.29 is 26.3 Å². The lowest BCUT2D eigenvalue weighted by Crippen LogP contribution is -2.31. The molecule has 0 fully saturated rings. The molecule has 0 saturated heterocycles. The lowest BCUT2D eigenvalue weighted by molar-refractivity contribution is -0.274. The number of rotatable bonds is 7. The van der Waals surface area contributed by atoms with E-state index in [9.17, 15) is 26.4 Å². The maximum atomic E-state index is 12.3. The maximum absolute atomic E-state index is 12.3. The number of sulfonamides is 1. The lowest BCUT2D eigenvalue weighted by atomic mass is 10.3. The molecule has 1 N–H and O–H groups in total. The lowest BCUT2D eigenvalue weighted by Gasteiger charge is -2.10. The van der Waals surface area contributed by atoms with Crippen molar-refractivity contribution in [1.82, 2.24) is 24.1 Å². The number of aromatic nitrogens is 4. The van der Waals surface area contributed by atoms with E-state index in [4.69, 9.17) is 0 Å². The van der Waals surface area contributed by atoms with Gasteiger partial charge in [-0.2, -0.15) is 0 Å². The molecule has 1 aromatic carbocycles. The molecule has 0 bridgehead atoms. The van der Waals surface area contributed by atoms with E-state index in [1.54, 1.807) is 24.5 Å². The molecule has 0 atom stereocenters. The smallest absolute Gasteiger partial charge is 0.406 e. The van der Waals surface area contributed by atoms with Crippen LogP contribution in [0.25, 0.3) is 11.4 Å². The molecule has 3 rings (SSSR count). The molecule has 0 unspecified atom stereocenters. The highest BCUT2D eigenvalue weighted by atomic mass is 32.2. The van der Waals surface area contributed by atoms with Gasteiger partial charge < -0.3 is 4.74 Å². The minimum Gasteiger partial charge on any atom is -0.406 e. The Bertz CT molecular complexity index is 1170. The summed E-state index contributed by atoms with van der Waals surface area (Å²) in [6.07, 6.45) is -1.75. The van der Waals surface area contributed by atoms with E-state index in [2.05, 4.69) is 19.5 Å². The molecule has 0 aliphatic carbocycles. The number of nitrogens with zero attached hydrogens (tertiary/aromatic N) is 4. The molecular formula is C17H16F3N5O4S. The van der Waals surface area contributed by atoms with E-state index in [-0.39, 0.29) is 18.0 Å². The van der Waals surface area contributed by atoms with Crippen LogP contribution in [0.5, 0.6) is 5.75 Å². The van der Waals surface area contributed by atoms with Crippen molar-refractivity contribution in [2.45, 2.75) is 17.8 Å². The standard InChI is InChI=1S/C17H16F3N5O4S/c1-24-15(12-3-2-8-21-11-12)23-25(16(24)26)10-9-22-30(27,28)14-6-4-13(5-7-14)29-17(18,19)20/h2-8,11,22H,9-10H2,1H3. The first-order chi connectivity index (χ1) is 14.1. The molecule has 3 aromatic rings. The Morgan fingerprint density at radius 1 is 1.17 bits per heavy atom. The summed E-state index contributed by atoms with van der Waals surface area (Å²) in [5.41, 5.74) is 0.180. The fourth-order valence-electron chi connectivity index (χ4n) is 2.57. The third-order valence-electron chi connectivity index (χ3n) is 3.94. The maximum Gasteiger partial charge on any atom is 0.573 e. The van der Waals surface area contributed by atoms with Crippen LogP contribution in [0.15, 0.2) is 58.5 Å². The van der Waals surface area contributed by atoms with Gasteiger partial charge in [0.05, 0.1) is 11.4 Å². The molecule has 0 amide bonds. The Hall–Kier alpha value is -3.19. The SMILES string of the molecule is Cn1c(-c2cccnc2)nn(CCNS(=O)(=O)c2ccc(OC(F)(F)F)cc2)c1=O. The molecule has 9 nitrogen and oxygen atoms in total. The van der Waals surface area contributed by atoms with Crippen molar-refractivity contribution in [3.8, 4) is 17.1 Å². The monoisotopic (exact) mass is 443 g/mol. The van der Waals surface area contributed by atoms with E-state index < -0.39 is 27.8 Å². The highest BCUT2D eigenvalue weighted by Gasteiger charge is 2.31. The average molecular weight is 443 g/mol. The Labute approximate surface area is 168 Å². The zero-order valence-corrected chi connectivity index (χ0v) is 16.3. The average Bonchev–Trinajstić information content (AvgIpc) is 2.96. The molecule has 0 aliphatic heterocycles. The van der Waals surface area contributed by atoms with Crippen LogP contribution < -0.4 is 15.1 Å². The summed E-state index contributed by atoms with van der Waals surface area (Å²) in [5.74, 6) is -0.166. The number of halogens is 3. The van der Waals surface area contributed by atoms with Gasteiger partial charge in [-0.15, -0.1) is 18.3 Å². The summed E-state index contributed by atoms with van der Waals surface area (Å²) in [4.78, 5) is 16.0. The van der Waals surface area contributed by atoms with Crippen molar-refractivity contribution >= 4 is 10.0 Å². The number of alkyl halides is 3. The van der Waals surface area contributed by atoms with Gasteiger partial charge in [-0.25, -0.2) is 22.6 Å². The highest BCUT2D eigenvalue weighted by molar-refractivity contribution is 7.89. The summed E-state index contributed by atoms with van der Waals surface area (Å²) < 4.78 is 69.5. The zero-order chi connectivity index (χ0) is 21.9. The van der Waals surface area contributed by atoms with E-state index in [0.717, 1.165) is 28.9 Å². The molecule has 2 heterocycles. The van der Waals surface area contributed by atoms with Crippen LogP contribution in [0.1, 0.15) is 0 Å². The van der Waals surface area contributed by atoms with E-state index in [1.807, 2.05) is 0 Å². The second-order valence-electron chi connectivity index (χ2n) is 6.05. The van der Waals surface area contributed by atoms with E-state index in [0.29, 0.717) is 11.4 Å². The molecule has 2 aromatic heterocycles. The van der Waals surface area contributed by atoms with Crippen LogP contribution in [-0.2, 0) is 23.6 Å². The van der Waals surface area contributed by atoms with Crippen molar-refractivity contribution in [3.05, 3.63) is 59.3 Å². The topological polar surface area (TPSA) is 108 Å². The van der Waals surface area contributed by atoms with Crippen molar-refractivity contribution in [3.63, 3.8) is 0 Å². The third-order valence-corrected chi connectivity index (χ3v) is 5.42. The van der Waals surface area contributed by atoms with Crippen molar-refractivity contribution in [2.75, 3.05) is 6.54 Å². The van der Waals surface area contributed by atoms with Crippen LogP contribution in [-0.4, -0.2) is 40.7 Å². The first-order valence-corrected chi connectivity index (χ1v) is 9.95. The second kappa shape index (κ2) is 8.28. The molecule has 0 saturated carbocycles. The van der Waals surface area contributed by atoms with Gasteiger partial charge in [0.15, 0.2) is 5.82 Å². The van der Waals surface area contributed by atoms with Gasteiger partial charge in [-0.1, -0.05) is 0 Å². The number of hydrogen-bond donors (Lipinski definition) is 1. The van der Waals surface area contributed by atoms with Gasteiger partial charge in [-0.3, -0.25) is 9.55 Å². The molecule has 13 heteroatoms. The molecule has 160 valence electrons. The zero-order valence-electron chi connectivity index (χ0n) is 15.5. The summed E-state index contributed by atoms with van der Waals surface area (Å²) in [6, 6.07) is 7.18. The quantitative estimate of drug-likeness (QED) is 0.593. The third kappa shape index (κ3) is 5.04. The van der Waals surface area contributed by atoms with Crippen LogP contribution in [0.2, 0.25) is 0 Å². The molecule has 0 spiro atoms. The van der Waals surface area contributed by atoms with Gasteiger partial charge in [0.2, 0.25) is 10.0 Å². The predicted molar refractivity (Wildman–Crippen MR) is 99.0 cm³/mol. The van der Waals surface area contributed by atoms with Gasteiger partial charge in [-0.05, 0) is 36.4 Å². The van der Waals surface area contributed by atoms with Crippen molar-refractivity contribution in [2.24, 2.45) is 7.05 Å². The molecule has 0 aliphatic rings. The van der Waals surface area contributed by atoms with Crippen LogP contribution in [0.4, 0.5) is 13.2 Å².